The van der Waals surface area contributed by atoms with Crippen molar-refractivity contribution in [2.45, 2.75) is 5.03 Å². The average Bonchev–Trinajstić information content (AvgIpc) is 2.53. The molecule has 1 aromatic heterocycles. The van der Waals surface area contributed by atoms with Gasteiger partial charge in [0, 0.05) is 6.20 Å². The molecule has 0 bridgehead atoms. The number of carbonyl (C=O) groups excluding carboxylic acids is 1. The summed E-state index contributed by atoms with van der Waals surface area (Å²) in [5, 5.41) is 20.8. The summed E-state index contributed by atoms with van der Waals surface area (Å²) in [4.78, 5) is 38.0. The Morgan fingerprint density at radius 3 is 2.35 bits per heavy atom. The molecule has 0 fully saturated rings. The maximum atomic E-state index is 11.9. The molecular formula is C15H12N2O5S. The minimum absolute atomic E-state index is 0.0104. The summed E-state index contributed by atoms with van der Waals surface area (Å²) < 4.78 is 0. The van der Waals surface area contributed by atoms with Crippen LogP contribution in [0.5, 0.6) is 0 Å². The normalized spacial score (nSPS) is 10.1. The van der Waals surface area contributed by atoms with E-state index in [9.17, 15) is 14.4 Å². The minimum Gasteiger partial charge on any atom is -0.478 e. The number of amides is 1. The lowest BCUT2D eigenvalue weighted by Gasteiger charge is -2.08. The van der Waals surface area contributed by atoms with Crippen LogP contribution in [0.2, 0.25) is 0 Å². The molecule has 118 valence electrons. The van der Waals surface area contributed by atoms with E-state index in [2.05, 4.69) is 10.3 Å². The Morgan fingerprint density at radius 1 is 1.00 bits per heavy atom. The van der Waals surface area contributed by atoms with Gasteiger partial charge in [0.25, 0.3) is 0 Å². The third-order valence-electron chi connectivity index (χ3n) is 2.77. The van der Waals surface area contributed by atoms with Crippen LogP contribution in [-0.4, -0.2) is 38.8 Å². The molecule has 0 aliphatic heterocycles. The number of carboxylic acid groups (broad SMARTS) is 2. The second kappa shape index (κ2) is 7.41. The van der Waals surface area contributed by atoms with Crippen molar-refractivity contribution < 1.29 is 24.6 Å². The van der Waals surface area contributed by atoms with E-state index >= 15 is 0 Å². The van der Waals surface area contributed by atoms with Crippen molar-refractivity contribution in [2.24, 2.45) is 0 Å². The molecule has 2 rings (SSSR count). The van der Waals surface area contributed by atoms with Gasteiger partial charge in [0.1, 0.15) is 5.03 Å². The summed E-state index contributed by atoms with van der Waals surface area (Å²) in [6.07, 6.45) is 1.44. The fourth-order valence-electron chi connectivity index (χ4n) is 1.77. The molecule has 1 aromatic carbocycles. The van der Waals surface area contributed by atoms with Crippen LogP contribution in [0.1, 0.15) is 20.7 Å². The Kier molecular flexibility index (Phi) is 5.32. The molecule has 2 aromatic rings. The van der Waals surface area contributed by atoms with Crippen molar-refractivity contribution in [3.8, 4) is 0 Å². The molecule has 8 heteroatoms. The standard InChI is InChI=1S/C15H12N2O5S/c18-12(17-11-6-2-1-4-9(11)14(19)20)8-23-13-10(15(21)22)5-3-7-16-13/h1-7H,8H2,(H,17,18)(H,19,20)(H,21,22). The summed E-state index contributed by atoms with van der Waals surface area (Å²) in [5.74, 6) is -2.82. The van der Waals surface area contributed by atoms with Crippen molar-refractivity contribution in [1.82, 2.24) is 4.98 Å². The number of aromatic carboxylic acids is 2. The van der Waals surface area contributed by atoms with E-state index in [-0.39, 0.29) is 27.6 Å². The molecule has 0 saturated carbocycles. The number of carboxylic acids is 2. The van der Waals surface area contributed by atoms with Crippen LogP contribution >= 0.6 is 11.8 Å². The summed E-state index contributed by atoms with van der Waals surface area (Å²) in [6, 6.07) is 8.92. The van der Waals surface area contributed by atoms with Crippen LogP contribution in [0.25, 0.3) is 0 Å². The summed E-state index contributed by atoms with van der Waals surface area (Å²) in [6.45, 7) is 0. The molecule has 0 saturated heterocycles. The summed E-state index contributed by atoms with van der Waals surface area (Å²) in [7, 11) is 0. The number of aromatic nitrogens is 1. The van der Waals surface area contributed by atoms with Crippen molar-refractivity contribution >= 4 is 35.3 Å². The highest BCUT2D eigenvalue weighted by Crippen LogP contribution is 2.21. The van der Waals surface area contributed by atoms with Gasteiger partial charge in [-0.15, -0.1) is 0 Å². The fourth-order valence-corrected chi connectivity index (χ4v) is 2.55. The van der Waals surface area contributed by atoms with Gasteiger partial charge in [0.15, 0.2) is 0 Å². The van der Waals surface area contributed by atoms with Crippen LogP contribution in [0.3, 0.4) is 0 Å². The van der Waals surface area contributed by atoms with Gasteiger partial charge < -0.3 is 15.5 Å². The molecule has 7 nitrogen and oxygen atoms in total. The van der Waals surface area contributed by atoms with Gasteiger partial charge in [0.05, 0.1) is 22.6 Å². The zero-order valence-electron chi connectivity index (χ0n) is 11.7. The largest absolute Gasteiger partial charge is 0.478 e. The van der Waals surface area contributed by atoms with Crippen LogP contribution in [0.4, 0.5) is 5.69 Å². The lowest BCUT2D eigenvalue weighted by atomic mass is 10.2. The molecule has 23 heavy (non-hydrogen) atoms. The monoisotopic (exact) mass is 332 g/mol. The SMILES string of the molecule is O=C(CSc1ncccc1C(=O)O)Nc1ccccc1C(=O)O. The van der Waals surface area contributed by atoms with Crippen LogP contribution in [0.15, 0.2) is 47.6 Å². The predicted octanol–water partition coefficient (Wildman–Crippen LogP) is 2.21. The highest BCUT2D eigenvalue weighted by Gasteiger charge is 2.15. The van der Waals surface area contributed by atoms with E-state index in [1.54, 1.807) is 12.1 Å². The van der Waals surface area contributed by atoms with E-state index in [0.717, 1.165) is 11.8 Å². The van der Waals surface area contributed by atoms with Gasteiger partial charge >= 0.3 is 11.9 Å². The lowest BCUT2D eigenvalue weighted by molar-refractivity contribution is -0.113. The topological polar surface area (TPSA) is 117 Å². The van der Waals surface area contributed by atoms with E-state index < -0.39 is 17.8 Å². The quantitative estimate of drug-likeness (QED) is 0.694. The Bertz CT molecular complexity index is 763. The first-order valence-corrected chi connectivity index (χ1v) is 7.41. The van der Waals surface area contributed by atoms with E-state index in [0.29, 0.717) is 0 Å². The maximum absolute atomic E-state index is 11.9. The summed E-state index contributed by atoms with van der Waals surface area (Å²) >= 11 is 0.966. The highest BCUT2D eigenvalue weighted by molar-refractivity contribution is 8.00. The minimum atomic E-state index is -1.15. The van der Waals surface area contributed by atoms with Crippen LogP contribution in [-0.2, 0) is 4.79 Å². The number of para-hydroxylation sites is 1. The van der Waals surface area contributed by atoms with E-state index in [4.69, 9.17) is 10.2 Å². The van der Waals surface area contributed by atoms with Crippen LogP contribution < -0.4 is 5.32 Å². The molecular weight excluding hydrogens is 320 g/mol. The number of anilines is 1. The number of benzene rings is 1. The lowest BCUT2D eigenvalue weighted by Crippen LogP contribution is -2.17. The predicted molar refractivity (Wildman–Crippen MR) is 84.0 cm³/mol. The van der Waals surface area contributed by atoms with Gasteiger partial charge in [-0.1, -0.05) is 23.9 Å². The number of thioether (sulfide) groups is 1. The second-order valence-corrected chi connectivity index (χ2v) is 5.31. The van der Waals surface area contributed by atoms with Crippen molar-refractivity contribution in [1.29, 1.82) is 0 Å². The maximum Gasteiger partial charge on any atom is 0.338 e. The third-order valence-corrected chi connectivity index (χ3v) is 3.78. The van der Waals surface area contributed by atoms with Crippen molar-refractivity contribution in [3.63, 3.8) is 0 Å². The van der Waals surface area contributed by atoms with Gasteiger partial charge in [-0.2, -0.15) is 0 Å². The number of hydrogen-bond donors (Lipinski definition) is 3. The number of nitrogens with one attached hydrogen (secondary N) is 1. The molecule has 0 aliphatic carbocycles. The Labute approximate surface area is 135 Å². The summed E-state index contributed by atoms with van der Waals surface area (Å²) in [5.41, 5.74) is 0.177. The van der Waals surface area contributed by atoms with Gasteiger partial charge in [-0.3, -0.25) is 4.79 Å². The number of pyridine rings is 1. The van der Waals surface area contributed by atoms with E-state index in [1.807, 2.05) is 0 Å². The zero-order valence-corrected chi connectivity index (χ0v) is 12.5. The first kappa shape index (κ1) is 16.5. The molecule has 0 radical (unpaired) electrons. The molecule has 1 heterocycles. The van der Waals surface area contributed by atoms with E-state index in [1.165, 1.54) is 30.5 Å². The Hall–Kier alpha value is -2.87. The van der Waals surface area contributed by atoms with Crippen LogP contribution in [0, 0.1) is 0 Å². The van der Waals surface area contributed by atoms with Gasteiger partial charge in [-0.05, 0) is 24.3 Å². The van der Waals surface area contributed by atoms with Gasteiger partial charge in [-0.25, -0.2) is 14.6 Å². The van der Waals surface area contributed by atoms with Gasteiger partial charge in [0.2, 0.25) is 5.91 Å². The molecule has 1 amide bonds. The average molecular weight is 332 g/mol. The Morgan fingerprint density at radius 2 is 1.65 bits per heavy atom. The molecule has 0 atom stereocenters. The number of rotatable bonds is 6. The van der Waals surface area contributed by atoms with Crippen molar-refractivity contribution in [2.75, 3.05) is 11.1 Å². The Balaban J connectivity index is 2.04. The number of nitrogens with zero attached hydrogens (tertiary/aromatic N) is 1. The molecule has 0 spiro atoms. The smallest absolute Gasteiger partial charge is 0.338 e. The molecule has 0 aliphatic rings. The second-order valence-electron chi connectivity index (χ2n) is 4.35. The van der Waals surface area contributed by atoms with Crippen molar-refractivity contribution in [3.05, 3.63) is 53.7 Å². The number of hydrogen-bond acceptors (Lipinski definition) is 5. The first-order valence-electron chi connectivity index (χ1n) is 6.42. The molecule has 0 unspecified atom stereocenters. The number of carbonyl (C=O) groups is 3. The zero-order chi connectivity index (χ0) is 16.8. The molecule has 3 N–H and O–H groups in total. The first-order chi connectivity index (χ1) is 11.0. The highest BCUT2D eigenvalue weighted by atomic mass is 32.2. The third kappa shape index (κ3) is 4.30. The fraction of sp³-hybridized carbons (Fsp3) is 0.0667.